The summed E-state index contributed by atoms with van der Waals surface area (Å²) in [4.78, 5) is 18.2. The van der Waals surface area contributed by atoms with Crippen molar-refractivity contribution in [1.82, 2.24) is 15.1 Å². The summed E-state index contributed by atoms with van der Waals surface area (Å²) in [6.45, 7) is 9.78. The van der Waals surface area contributed by atoms with Crippen LogP contribution >= 0.6 is 23.2 Å². The summed E-state index contributed by atoms with van der Waals surface area (Å²) in [5.74, 6) is -0.452. The van der Waals surface area contributed by atoms with Crippen LogP contribution in [-0.2, 0) is 10.2 Å². The van der Waals surface area contributed by atoms with Crippen LogP contribution in [0.2, 0.25) is 10.0 Å². The number of amides is 1. The predicted octanol–water partition coefficient (Wildman–Crippen LogP) is 4.45. The average molecular weight is 544 g/mol. The minimum Gasteiger partial charge on any atom is -0.395 e. The zero-order chi connectivity index (χ0) is 26.8. The van der Waals surface area contributed by atoms with Gasteiger partial charge in [-0.3, -0.25) is 9.69 Å². The fourth-order valence-electron chi connectivity index (χ4n) is 5.97. The molecule has 0 spiro atoms. The molecule has 2 heterocycles. The number of halogens is 2. The molecule has 0 aromatic heterocycles. The molecule has 0 saturated carbocycles. The van der Waals surface area contributed by atoms with Crippen LogP contribution in [0.4, 0.5) is 0 Å². The number of rotatable bonds is 6. The number of β-amino-alcohol motifs (C(OH)–C–C–N with tert-alkyl or cyclic N) is 1. The Morgan fingerprint density at radius 3 is 2.35 bits per heavy atom. The molecular formula is C29H36Cl2N4O2. The van der Waals surface area contributed by atoms with Crippen LogP contribution in [0.3, 0.4) is 0 Å². The molecule has 2 aliphatic rings. The lowest BCUT2D eigenvalue weighted by molar-refractivity contribution is -0.135. The van der Waals surface area contributed by atoms with E-state index in [-0.39, 0.29) is 24.0 Å². The number of nitrogens with zero attached hydrogens (tertiary/aromatic N) is 3. The van der Waals surface area contributed by atoms with E-state index in [2.05, 4.69) is 37.1 Å². The van der Waals surface area contributed by atoms with Gasteiger partial charge in [-0.15, -0.1) is 0 Å². The molecule has 1 amide bonds. The van der Waals surface area contributed by atoms with E-state index in [4.69, 9.17) is 23.2 Å². The maximum atomic E-state index is 14.2. The topological polar surface area (TPSA) is 79.6 Å². The summed E-state index contributed by atoms with van der Waals surface area (Å²) >= 11 is 12.7. The standard InChI is InChI=1S/C29H36Cl2N4O2/c1-28(2,3)18-24-29(19-32,21-7-9-22(30)10-8-21)25(20-5-4-6-23(31)17-20)26(33-24)27(37)35-13-11-34(12-14-35)15-16-36/h4-10,17,24-26,33,36H,11-16,18H2,1-3H3/t24?,25?,26-,29?/m1/s1. The lowest BCUT2D eigenvalue weighted by Crippen LogP contribution is -2.54. The van der Waals surface area contributed by atoms with Crippen LogP contribution in [0.25, 0.3) is 0 Å². The van der Waals surface area contributed by atoms with Crippen molar-refractivity contribution in [1.29, 1.82) is 5.26 Å². The summed E-state index contributed by atoms with van der Waals surface area (Å²) in [5.41, 5.74) is 0.611. The fourth-order valence-corrected chi connectivity index (χ4v) is 6.30. The second-order valence-electron chi connectivity index (χ2n) is 11.4. The van der Waals surface area contributed by atoms with Gasteiger partial charge < -0.3 is 15.3 Å². The molecule has 4 rings (SSSR count). The third-order valence-corrected chi connectivity index (χ3v) is 8.14. The van der Waals surface area contributed by atoms with Gasteiger partial charge in [-0.25, -0.2) is 0 Å². The van der Waals surface area contributed by atoms with Gasteiger partial charge in [0.2, 0.25) is 5.91 Å². The molecule has 2 aromatic carbocycles. The molecule has 2 saturated heterocycles. The second kappa shape index (κ2) is 11.3. The SMILES string of the molecule is CC(C)(C)CC1N[C@@H](C(=O)N2CCN(CCO)CC2)C(c2cccc(Cl)c2)C1(C#N)c1ccc(Cl)cc1. The Kier molecular flexibility index (Phi) is 8.52. The van der Waals surface area contributed by atoms with Crippen molar-refractivity contribution in [3.05, 3.63) is 69.7 Å². The van der Waals surface area contributed by atoms with E-state index in [0.717, 1.165) is 11.1 Å². The van der Waals surface area contributed by atoms with Crippen molar-refractivity contribution in [2.75, 3.05) is 39.3 Å². The van der Waals surface area contributed by atoms with Crippen LogP contribution in [0.5, 0.6) is 0 Å². The van der Waals surface area contributed by atoms with Gasteiger partial charge in [-0.1, -0.05) is 68.2 Å². The summed E-state index contributed by atoms with van der Waals surface area (Å²) < 4.78 is 0. The zero-order valence-electron chi connectivity index (χ0n) is 21.8. The maximum absolute atomic E-state index is 14.2. The molecule has 2 fully saturated rings. The molecule has 37 heavy (non-hydrogen) atoms. The highest BCUT2D eigenvalue weighted by molar-refractivity contribution is 6.30. The Bertz CT molecular complexity index is 1140. The van der Waals surface area contributed by atoms with Gasteiger partial charge in [-0.05, 0) is 47.2 Å². The zero-order valence-corrected chi connectivity index (χ0v) is 23.3. The Morgan fingerprint density at radius 2 is 1.78 bits per heavy atom. The number of aliphatic hydroxyl groups excluding tert-OH is 1. The summed E-state index contributed by atoms with van der Waals surface area (Å²) in [6, 6.07) is 16.9. The van der Waals surface area contributed by atoms with E-state index >= 15 is 0 Å². The molecule has 3 unspecified atom stereocenters. The summed E-state index contributed by atoms with van der Waals surface area (Å²) in [5, 5.41) is 25.1. The van der Waals surface area contributed by atoms with Gasteiger partial charge in [0.15, 0.2) is 0 Å². The molecule has 2 aromatic rings. The first kappa shape index (κ1) is 27.9. The third kappa shape index (κ3) is 5.82. The van der Waals surface area contributed by atoms with Crippen molar-refractivity contribution in [2.24, 2.45) is 5.41 Å². The van der Waals surface area contributed by atoms with Crippen LogP contribution in [0.1, 0.15) is 44.2 Å². The minimum absolute atomic E-state index is 0.00128. The summed E-state index contributed by atoms with van der Waals surface area (Å²) in [6.07, 6.45) is 0.703. The van der Waals surface area contributed by atoms with E-state index in [9.17, 15) is 15.2 Å². The number of carbonyl (C=O) groups is 1. The van der Waals surface area contributed by atoms with E-state index in [1.54, 1.807) is 0 Å². The number of benzene rings is 2. The number of hydrogen-bond acceptors (Lipinski definition) is 5. The smallest absolute Gasteiger partial charge is 0.240 e. The molecule has 6 nitrogen and oxygen atoms in total. The van der Waals surface area contributed by atoms with Crippen molar-refractivity contribution in [2.45, 2.75) is 50.6 Å². The molecular weight excluding hydrogens is 507 g/mol. The van der Waals surface area contributed by atoms with Crippen molar-refractivity contribution in [3.8, 4) is 6.07 Å². The molecule has 0 radical (unpaired) electrons. The van der Waals surface area contributed by atoms with Gasteiger partial charge in [-0.2, -0.15) is 5.26 Å². The fraction of sp³-hybridized carbons (Fsp3) is 0.517. The van der Waals surface area contributed by atoms with E-state index in [1.165, 1.54) is 0 Å². The first-order valence-electron chi connectivity index (χ1n) is 12.9. The first-order chi connectivity index (χ1) is 17.6. The van der Waals surface area contributed by atoms with Gasteiger partial charge in [0, 0.05) is 54.7 Å². The van der Waals surface area contributed by atoms with Crippen LogP contribution in [0, 0.1) is 16.7 Å². The van der Waals surface area contributed by atoms with E-state index in [1.807, 2.05) is 53.4 Å². The van der Waals surface area contributed by atoms with Gasteiger partial charge in [0.1, 0.15) is 5.41 Å². The molecule has 2 N–H and O–H groups in total. The molecule has 4 atom stereocenters. The normalized spacial score (nSPS) is 26.7. The second-order valence-corrected chi connectivity index (χ2v) is 12.2. The number of piperazine rings is 1. The number of aliphatic hydroxyl groups is 1. The van der Waals surface area contributed by atoms with Gasteiger partial charge in [0.25, 0.3) is 0 Å². The highest BCUT2D eigenvalue weighted by atomic mass is 35.5. The molecule has 2 aliphatic heterocycles. The van der Waals surface area contributed by atoms with Gasteiger partial charge in [0.05, 0.1) is 18.7 Å². The Labute approximate surface area is 230 Å². The quantitative estimate of drug-likeness (QED) is 0.563. The predicted molar refractivity (Wildman–Crippen MR) is 148 cm³/mol. The Morgan fingerprint density at radius 1 is 1.11 bits per heavy atom. The van der Waals surface area contributed by atoms with Crippen molar-refractivity contribution < 1.29 is 9.90 Å². The largest absolute Gasteiger partial charge is 0.395 e. The highest BCUT2D eigenvalue weighted by Crippen LogP contribution is 2.51. The van der Waals surface area contributed by atoms with Gasteiger partial charge >= 0.3 is 0 Å². The number of nitriles is 1. The van der Waals surface area contributed by atoms with Crippen LogP contribution in [0.15, 0.2) is 48.5 Å². The van der Waals surface area contributed by atoms with E-state index in [0.29, 0.717) is 49.2 Å². The Balaban J connectivity index is 1.82. The molecule has 0 aliphatic carbocycles. The molecule has 198 valence electrons. The van der Waals surface area contributed by atoms with E-state index < -0.39 is 17.4 Å². The number of nitrogens with one attached hydrogen (secondary N) is 1. The lowest BCUT2D eigenvalue weighted by Gasteiger charge is -2.38. The molecule has 8 heteroatoms. The number of hydrogen-bond donors (Lipinski definition) is 2. The monoisotopic (exact) mass is 542 g/mol. The average Bonchev–Trinajstić information content (AvgIpc) is 3.18. The highest BCUT2D eigenvalue weighted by Gasteiger charge is 2.60. The lowest BCUT2D eigenvalue weighted by atomic mass is 9.63. The number of carbonyl (C=O) groups excluding carboxylic acids is 1. The minimum atomic E-state index is -1.01. The maximum Gasteiger partial charge on any atom is 0.240 e. The first-order valence-corrected chi connectivity index (χ1v) is 13.7. The van der Waals surface area contributed by atoms with Crippen molar-refractivity contribution >= 4 is 29.1 Å². The van der Waals surface area contributed by atoms with Crippen LogP contribution < -0.4 is 5.32 Å². The Hall–Kier alpha value is -2.14. The van der Waals surface area contributed by atoms with Crippen molar-refractivity contribution in [3.63, 3.8) is 0 Å². The summed E-state index contributed by atoms with van der Waals surface area (Å²) in [7, 11) is 0. The van der Waals surface area contributed by atoms with Crippen LogP contribution in [-0.4, -0.2) is 72.2 Å². The molecule has 0 bridgehead atoms. The third-order valence-electron chi connectivity index (χ3n) is 7.65.